The maximum atomic E-state index is 5.66. The van der Waals surface area contributed by atoms with Gasteiger partial charge in [0.15, 0.2) is 0 Å². The molecule has 0 saturated carbocycles. The summed E-state index contributed by atoms with van der Waals surface area (Å²) in [7, 11) is 0. The second-order valence-electron chi connectivity index (χ2n) is 3.31. The summed E-state index contributed by atoms with van der Waals surface area (Å²) in [5.74, 6) is 1.75. The molecule has 0 aliphatic rings. The molecular weight excluding hydrogens is 365 g/mol. The van der Waals surface area contributed by atoms with Crippen LogP contribution in [0.1, 0.15) is 30.9 Å². The van der Waals surface area contributed by atoms with Crippen LogP contribution in [0.2, 0.25) is 0 Å². The Kier molecular flexibility index (Phi) is 3.92. The van der Waals surface area contributed by atoms with Crippen LogP contribution < -0.4 is 0 Å². The third-order valence-electron chi connectivity index (χ3n) is 1.86. The quantitative estimate of drug-likeness (QED) is 0.735. The Bertz CT molecular complexity index is 365. The number of hydrogen-bond donors (Lipinski definition) is 0. The van der Waals surface area contributed by atoms with Crippen molar-refractivity contribution in [3.05, 3.63) is 39.9 Å². The van der Waals surface area contributed by atoms with Crippen molar-refractivity contribution in [1.82, 2.24) is 0 Å². The van der Waals surface area contributed by atoms with Gasteiger partial charge in [-0.05, 0) is 0 Å². The van der Waals surface area contributed by atoms with Crippen molar-refractivity contribution in [2.45, 2.75) is 13.8 Å². The van der Waals surface area contributed by atoms with Gasteiger partial charge in [0, 0.05) is 0 Å². The minimum absolute atomic E-state index is 0.853. The van der Waals surface area contributed by atoms with E-state index in [9.17, 15) is 0 Å². The molecule has 1 heterocycles. The van der Waals surface area contributed by atoms with Crippen molar-refractivity contribution in [2.75, 3.05) is 0 Å². The Labute approximate surface area is 101 Å². The topological polar surface area (TPSA) is 13.1 Å². The standard InChI is InChI=1S/C12H13O.Tl/c1-6-10-7-11(8(2)3)12(13-10)9(4)5;/h1,6-7H,2,4H2,3,5H3;. The minimum atomic E-state index is 0.853. The molecule has 14 heavy (non-hydrogen) atoms. The molecule has 1 aromatic heterocycles. The van der Waals surface area contributed by atoms with Gasteiger partial charge < -0.3 is 0 Å². The molecule has 0 N–H and O–H groups in total. The van der Waals surface area contributed by atoms with E-state index in [1.165, 1.54) is 0 Å². The van der Waals surface area contributed by atoms with Crippen LogP contribution in [-0.4, -0.2) is 25.8 Å². The molecule has 0 saturated heterocycles. The van der Waals surface area contributed by atoms with Crippen LogP contribution in [0.4, 0.5) is 0 Å². The van der Waals surface area contributed by atoms with Crippen molar-refractivity contribution in [3.8, 4) is 0 Å². The van der Waals surface area contributed by atoms with Crippen LogP contribution in [0.15, 0.2) is 27.3 Å². The zero-order chi connectivity index (χ0) is 10.7. The van der Waals surface area contributed by atoms with E-state index >= 15 is 0 Å². The van der Waals surface area contributed by atoms with Gasteiger partial charge in [0.2, 0.25) is 0 Å². The molecule has 70 valence electrons. The van der Waals surface area contributed by atoms with E-state index in [0.29, 0.717) is 0 Å². The summed E-state index contributed by atoms with van der Waals surface area (Å²) in [6, 6.07) is 2.02. The molecule has 0 spiro atoms. The van der Waals surface area contributed by atoms with E-state index in [0.717, 1.165) is 54.0 Å². The van der Waals surface area contributed by atoms with Crippen LogP contribution >= 0.6 is 0 Å². The molecule has 0 amide bonds. The number of rotatable bonds is 3. The molecule has 1 nitrogen and oxygen atoms in total. The zero-order valence-electron chi connectivity index (χ0n) is 8.63. The maximum absolute atomic E-state index is 5.66. The predicted molar refractivity (Wildman–Crippen MR) is 62.9 cm³/mol. The summed E-state index contributed by atoms with van der Waals surface area (Å²) < 4.78 is 7.77. The summed E-state index contributed by atoms with van der Waals surface area (Å²) in [5.41, 5.74) is 3.02. The predicted octanol–water partition coefficient (Wildman–Crippen LogP) is 3.49. The van der Waals surface area contributed by atoms with E-state index in [2.05, 4.69) is 16.8 Å². The summed E-state index contributed by atoms with van der Waals surface area (Å²) in [6.45, 7) is 11.7. The van der Waals surface area contributed by atoms with Gasteiger partial charge in [-0.25, -0.2) is 0 Å². The first-order valence-corrected chi connectivity index (χ1v) is 6.99. The number of furan rings is 1. The first-order chi connectivity index (χ1) is 6.56. The molecule has 0 aliphatic carbocycles. The van der Waals surface area contributed by atoms with Crippen molar-refractivity contribution in [2.24, 2.45) is 0 Å². The average Bonchev–Trinajstić information content (AvgIpc) is 2.49. The molecule has 0 radical (unpaired) electrons. The SMILES string of the molecule is C=C(C)c1cc(/C=[CH]/[Tl])oc1C(=C)C. The first-order valence-electron chi connectivity index (χ1n) is 4.40. The normalized spacial score (nSPS) is 10.6. The molecule has 0 fully saturated rings. The van der Waals surface area contributed by atoms with Crippen LogP contribution in [-0.2, 0) is 0 Å². The zero-order valence-corrected chi connectivity index (χ0v) is 13.1. The number of hydrogen-bond acceptors (Lipinski definition) is 1. The Morgan fingerprint density at radius 3 is 2.36 bits per heavy atom. The molecule has 2 heteroatoms. The summed E-state index contributed by atoms with van der Waals surface area (Å²) in [5, 5.41) is 0. The van der Waals surface area contributed by atoms with Crippen LogP contribution in [0.3, 0.4) is 0 Å². The molecule has 0 atom stereocenters. The van der Waals surface area contributed by atoms with Crippen molar-refractivity contribution in [3.63, 3.8) is 0 Å². The Morgan fingerprint density at radius 1 is 1.36 bits per heavy atom. The molecule has 0 aliphatic heterocycles. The van der Waals surface area contributed by atoms with E-state index in [-0.39, 0.29) is 0 Å². The van der Waals surface area contributed by atoms with Gasteiger partial charge in [0.25, 0.3) is 0 Å². The third-order valence-corrected chi connectivity index (χ3v) is 2.61. The Hall–Kier alpha value is -0.578. The average molecular weight is 378 g/mol. The molecule has 0 bridgehead atoms. The van der Waals surface area contributed by atoms with Gasteiger partial charge in [-0.1, -0.05) is 0 Å². The van der Waals surface area contributed by atoms with Gasteiger partial charge in [0.05, 0.1) is 0 Å². The summed E-state index contributed by atoms with van der Waals surface area (Å²) >= 11 is 0.853. The molecular formula is C12H13OTl. The van der Waals surface area contributed by atoms with E-state index in [4.69, 9.17) is 4.42 Å². The van der Waals surface area contributed by atoms with Crippen LogP contribution in [0.5, 0.6) is 0 Å². The fourth-order valence-corrected chi connectivity index (χ4v) is 1.96. The number of allylic oxidation sites excluding steroid dienone is 2. The van der Waals surface area contributed by atoms with Gasteiger partial charge >= 0.3 is 101 Å². The van der Waals surface area contributed by atoms with E-state index < -0.39 is 0 Å². The molecule has 1 aromatic rings. The Balaban J connectivity index is 3.25. The second kappa shape index (κ2) is 4.78. The van der Waals surface area contributed by atoms with Gasteiger partial charge in [-0.2, -0.15) is 0 Å². The fraction of sp³-hybridized carbons (Fsp3) is 0.167. The van der Waals surface area contributed by atoms with Crippen molar-refractivity contribution < 1.29 is 4.42 Å². The Morgan fingerprint density at radius 2 is 2.00 bits per heavy atom. The van der Waals surface area contributed by atoms with Crippen LogP contribution in [0.25, 0.3) is 17.2 Å². The monoisotopic (exact) mass is 378 g/mol. The van der Waals surface area contributed by atoms with E-state index in [1.807, 2.05) is 26.0 Å². The summed E-state index contributed by atoms with van der Waals surface area (Å²) in [6.07, 6.45) is 2.00. The third kappa shape index (κ3) is 2.47. The van der Waals surface area contributed by atoms with Crippen LogP contribution in [0, 0.1) is 0 Å². The molecule has 0 unspecified atom stereocenters. The van der Waals surface area contributed by atoms with Gasteiger partial charge in [0.1, 0.15) is 0 Å². The second-order valence-corrected chi connectivity index (χ2v) is 4.81. The summed E-state index contributed by atoms with van der Waals surface area (Å²) in [4.78, 5) is 0. The first kappa shape index (κ1) is 11.5. The molecule has 0 aromatic carbocycles. The van der Waals surface area contributed by atoms with Gasteiger partial charge in [-0.15, -0.1) is 0 Å². The van der Waals surface area contributed by atoms with Crippen molar-refractivity contribution >= 4 is 43.0 Å². The fourth-order valence-electron chi connectivity index (χ4n) is 1.22. The van der Waals surface area contributed by atoms with Crippen molar-refractivity contribution in [1.29, 1.82) is 0 Å². The van der Waals surface area contributed by atoms with E-state index in [1.54, 1.807) is 0 Å². The van der Waals surface area contributed by atoms with Gasteiger partial charge in [-0.3, -0.25) is 0 Å². The molecule has 1 rings (SSSR count).